The molecule has 0 radical (unpaired) electrons. The second-order valence-electron chi connectivity index (χ2n) is 9.52. The van der Waals surface area contributed by atoms with Crippen molar-refractivity contribution in [2.45, 2.75) is 53.0 Å². The molecule has 2 aromatic heterocycles. The molecule has 0 unspecified atom stereocenters. The fraction of sp³-hybridized carbons (Fsp3) is 0.462. The summed E-state index contributed by atoms with van der Waals surface area (Å²) < 4.78 is 22.3. The van der Waals surface area contributed by atoms with E-state index in [1.54, 1.807) is 26.8 Å². The largest absolute Gasteiger partial charge is 0.480 e. The molecule has 1 N–H and O–H groups in total. The molecule has 0 spiro atoms. The monoisotopic (exact) mass is 515 g/mol. The summed E-state index contributed by atoms with van der Waals surface area (Å²) in [5, 5.41) is 3.85. The molecule has 1 aliphatic rings. The van der Waals surface area contributed by atoms with Crippen molar-refractivity contribution in [1.82, 2.24) is 14.5 Å². The molecule has 8 nitrogen and oxygen atoms in total. The first-order chi connectivity index (χ1) is 17.2. The smallest absolute Gasteiger partial charge is 0.293 e. The number of piperidine rings is 1. The van der Waals surface area contributed by atoms with Gasteiger partial charge in [0, 0.05) is 36.6 Å². The van der Waals surface area contributed by atoms with Crippen LogP contribution >= 0.6 is 11.6 Å². The van der Waals surface area contributed by atoms with Crippen molar-refractivity contribution in [2.75, 3.05) is 29.9 Å². The van der Waals surface area contributed by atoms with Gasteiger partial charge in [-0.25, -0.2) is 9.37 Å². The van der Waals surface area contributed by atoms with E-state index in [1.807, 2.05) is 0 Å². The van der Waals surface area contributed by atoms with E-state index < -0.39 is 11.4 Å². The topological polar surface area (TPSA) is 89.3 Å². The number of ether oxygens (including phenoxy) is 1. The number of nitrogens with one attached hydrogen (secondary N) is 1. The molecule has 10 heteroatoms. The fourth-order valence-electron chi connectivity index (χ4n) is 4.28. The number of aromatic nitrogens is 3. The third-order valence-corrected chi connectivity index (χ3v) is 6.69. The molecule has 0 saturated carbocycles. The van der Waals surface area contributed by atoms with Crippen LogP contribution in [0.1, 0.15) is 53.0 Å². The van der Waals surface area contributed by atoms with Crippen molar-refractivity contribution >= 4 is 45.7 Å². The average molecular weight is 516 g/mol. The number of rotatable bonds is 8. The Labute approximate surface area is 214 Å². The van der Waals surface area contributed by atoms with Gasteiger partial charge in [-0.15, -0.1) is 0 Å². The SMILES string of the molecule is CCC(=O)COc1cc2cc(Nc3nc(N4CCC(C)CC4)ncc3Cl)cc(F)c2n(C(C)C)c1=O. The van der Waals surface area contributed by atoms with Gasteiger partial charge in [0.15, 0.2) is 17.4 Å². The van der Waals surface area contributed by atoms with E-state index >= 15 is 4.39 Å². The van der Waals surface area contributed by atoms with Gasteiger partial charge in [-0.3, -0.25) is 14.2 Å². The molecule has 0 aliphatic carbocycles. The second-order valence-corrected chi connectivity index (χ2v) is 9.92. The molecule has 3 aromatic rings. The molecule has 1 fully saturated rings. The Kier molecular flexibility index (Phi) is 7.78. The number of carbonyl (C=O) groups excluding carboxylic acids is 1. The Balaban J connectivity index is 1.71. The highest BCUT2D eigenvalue weighted by Crippen LogP contribution is 2.31. The number of carbonyl (C=O) groups is 1. The van der Waals surface area contributed by atoms with Crippen LogP contribution in [0.5, 0.6) is 5.75 Å². The van der Waals surface area contributed by atoms with Crippen LogP contribution < -0.4 is 20.5 Å². The minimum atomic E-state index is -0.576. The molecule has 0 atom stereocenters. The van der Waals surface area contributed by atoms with Gasteiger partial charge < -0.3 is 15.0 Å². The fourth-order valence-corrected chi connectivity index (χ4v) is 4.42. The van der Waals surface area contributed by atoms with Crippen molar-refractivity contribution in [1.29, 1.82) is 0 Å². The third-order valence-electron chi connectivity index (χ3n) is 6.41. The van der Waals surface area contributed by atoms with Gasteiger partial charge in [-0.2, -0.15) is 4.98 Å². The molecule has 0 amide bonds. The normalized spacial score (nSPS) is 14.5. The summed E-state index contributed by atoms with van der Waals surface area (Å²) in [4.78, 5) is 35.8. The summed E-state index contributed by atoms with van der Waals surface area (Å²) in [7, 11) is 0. The zero-order chi connectivity index (χ0) is 26.0. The third kappa shape index (κ3) is 5.46. The lowest BCUT2D eigenvalue weighted by Crippen LogP contribution is -2.34. The molecule has 1 saturated heterocycles. The van der Waals surface area contributed by atoms with Crippen molar-refractivity contribution in [3.8, 4) is 5.75 Å². The number of benzene rings is 1. The van der Waals surface area contributed by atoms with E-state index in [4.69, 9.17) is 16.3 Å². The number of nitrogens with zero attached hydrogens (tertiary/aromatic N) is 4. The molecular weight excluding hydrogens is 485 g/mol. The van der Waals surface area contributed by atoms with Gasteiger partial charge in [0.2, 0.25) is 5.95 Å². The van der Waals surface area contributed by atoms with Gasteiger partial charge in [0.05, 0.1) is 11.7 Å². The van der Waals surface area contributed by atoms with E-state index in [-0.39, 0.29) is 29.7 Å². The number of anilines is 3. The highest BCUT2D eigenvalue weighted by atomic mass is 35.5. The number of halogens is 2. The Morgan fingerprint density at radius 1 is 1.28 bits per heavy atom. The molecule has 3 heterocycles. The molecule has 36 heavy (non-hydrogen) atoms. The highest BCUT2D eigenvalue weighted by Gasteiger charge is 2.21. The molecule has 1 aliphatic heterocycles. The van der Waals surface area contributed by atoms with Gasteiger partial charge in [-0.05, 0) is 50.8 Å². The first kappa shape index (κ1) is 25.9. The number of pyridine rings is 1. The lowest BCUT2D eigenvalue weighted by atomic mass is 10.00. The Morgan fingerprint density at radius 3 is 2.67 bits per heavy atom. The zero-order valence-electron chi connectivity index (χ0n) is 21.0. The standard InChI is InChI=1S/C26H31ClFN5O3/c1-5-19(34)14-36-22-11-17-10-18(12-21(28)23(17)33(15(2)3)25(22)35)30-24-20(27)13-29-26(31-24)32-8-6-16(4)7-9-32/h10-13,15-16H,5-9,14H2,1-4H3,(H,29,30,31). The maximum Gasteiger partial charge on any atom is 0.293 e. The summed E-state index contributed by atoms with van der Waals surface area (Å²) in [6, 6.07) is 4.15. The Bertz CT molecular complexity index is 1340. The minimum absolute atomic E-state index is 0.00349. The number of hydrogen-bond donors (Lipinski definition) is 1. The Morgan fingerprint density at radius 2 is 2.00 bits per heavy atom. The summed E-state index contributed by atoms with van der Waals surface area (Å²) in [5.41, 5.74) is 0.0790. The van der Waals surface area contributed by atoms with Crippen LogP contribution in [0, 0.1) is 11.7 Å². The van der Waals surface area contributed by atoms with Crippen molar-refractivity contribution in [3.63, 3.8) is 0 Å². The van der Waals surface area contributed by atoms with Crippen LogP contribution in [0.3, 0.4) is 0 Å². The maximum atomic E-state index is 15.4. The molecular formula is C26H31ClFN5O3. The van der Waals surface area contributed by atoms with E-state index in [1.165, 1.54) is 22.9 Å². The summed E-state index contributed by atoms with van der Waals surface area (Å²) >= 11 is 6.37. The lowest BCUT2D eigenvalue weighted by Gasteiger charge is -2.30. The van der Waals surface area contributed by atoms with Crippen LogP contribution in [0.15, 0.2) is 29.2 Å². The number of ketones is 1. The van der Waals surface area contributed by atoms with Gasteiger partial charge >= 0.3 is 0 Å². The molecule has 192 valence electrons. The van der Waals surface area contributed by atoms with E-state index in [0.29, 0.717) is 40.2 Å². The number of Topliss-reactive ketones (excluding diaryl/α,β-unsaturated/α-hetero) is 1. The number of hydrogen-bond acceptors (Lipinski definition) is 7. The van der Waals surface area contributed by atoms with Crippen molar-refractivity contribution in [2.24, 2.45) is 5.92 Å². The van der Waals surface area contributed by atoms with Crippen LogP contribution in [0.25, 0.3) is 10.9 Å². The Hall–Kier alpha value is -3.20. The van der Waals surface area contributed by atoms with Crippen LogP contribution in [-0.4, -0.2) is 40.0 Å². The average Bonchev–Trinajstić information content (AvgIpc) is 2.84. The van der Waals surface area contributed by atoms with Gasteiger partial charge in [-0.1, -0.05) is 25.4 Å². The van der Waals surface area contributed by atoms with Crippen molar-refractivity contribution < 1.29 is 13.9 Å². The zero-order valence-corrected chi connectivity index (χ0v) is 21.7. The quantitative estimate of drug-likeness (QED) is 0.423. The van der Waals surface area contributed by atoms with Gasteiger partial charge in [0.25, 0.3) is 5.56 Å². The van der Waals surface area contributed by atoms with Crippen LogP contribution in [-0.2, 0) is 4.79 Å². The van der Waals surface area contributed by atoms with Gasteiger partial charge in [0.1, 0.15) is 17.4 Å². The summed E-state index contributed by atoms with van der Waals surface area (Å²) in [6.45, 7) is 9.05. The maximum absolute atomic E-state index is 15.4. The van der Waals surface area contributed by atoms with E-state index in [2.05, 4.69) is 27.1 Å². The van der Waals surface area contributed by atoms with E-state index in [9.17, 15) is 9.59 Å². The predicted octanol–water partition coefficient (Wildman–Crippen LogP) is 5.50. The van der Waals surface area contributed by atoms with Crippen LogP contribution in [0.2, 0.25) is 5.02 Å². The number of fused-ring (bicyclic) bond motifs is 1. The highest BCUT2D eigenvalue weighted by molar-refractivity contribution is 6.32. The molecule has 0 bridgehead atoms. The molecule has 1 aromatic carbocycles. The van der Waals surface area contributed by atoms with Crippen LogP contribution in [0.4, 0.5) is 21.8 Å². The molecule has 4 rings (SSSR count). The summed E-state index contributed by atoms with van der Waals surface area (Å²) in [5.74, 6) is 0.887. The first-order valence-corrected chi connectivity index (χ1v) is 12.6. The minimum Gasteiger partial charge on any atom is -0.480 e. The van der Waals surface area contributed by atoms with Crippen molar-refractivity contribution in [3.05, 3.63) is 45.6 Å². The van der Waals surface area contributed by atoms with E-state index in [0.717, 1.165) is 25.9 Å². The first-order valence-electron chi connectivity index (χ1n) is 12.3. The summed E-state index contributed by atoms with van der Waals surface area (Å²) in [6.07, 6.45) is 3.97. The predicted molar refractivity (Wildman–Crippen MR) is 140 cm³/mol. The second kappa shape index (κ2) is 10.8. The lowest BCUT2D eigenvalue weighted by molar-refractivity contribution is -0.120.